The SMILES string of the molecule is Cn1cnc(S(=O)(=O)NCCOc2ccc3c(c2)C(Cc2ccccc2)C(N2CC4CC4C2)CC3)c1. The van der Waals surface area contributed by atoms with Gasteiger partial charge >= 0.3 is 0 Å². The summed E-state index contributed by atoms with van der Waals surface area (Å²) in [4.78, 5) is 6.69. The zero-order chi connectivity index (χ0) is 24.7. The Hall–Kier alpha value is -2.68. The first kappa shape index (κ1) is 23.7. The highest BCUT2D eigenvalue weighted by Crippen LogP contribution is 2.49. The molecule has 0 spiro atoms. The maximum atomic E-state index is 12.4. The number of aromatic nitrogens is 2. The summed E-state index contributed by atoms with van der Waals surface area (Å²) >= 11 is 0. The molecule has 1 saturated heterocycles. The summed E-state index contributed by atoms with van der Waals surface area (Å²) in [6, 6.07) is 17.8. The lowest BCUT2D eigenvalue weighted by atomic mass is 9.75. The molecule has 0 bridgehead atoms. The minimum atomic E-state index is -3.64. The smallest absolute Gasteiger partial charge is 0.259 e. The first-order valence-corrected chi connectivity index (χ1v) is 14.5. The van der Waals surface area contributed by atoms with Gasteiger partial charge in [-0.2, -0.15) is 0 Å². The van der Waals surface area contributed by atoms with Gasteiger partial charge in [0.1, 0.15) is 12.4 Å². The molecule has 4 atom stereocenters. The Labute approximate surface area is 213 Å². The van der Waals surface area contributed by atoms with Crippen LogP contribution in [0.5, 0.6) is 5.75 Å². The Kier molecular flexibility index (Phi) is 6.35. The summed E-state index contributed by atoms with van der Waals surface area (Å²) in [5.74, 6) is 3.08. The zero-order valence-electron chi connectivity index (χ0n) is 20.7. The Bertz CT molecular complexity index is 1310. The number of fused-ring (bicyclic) bond motifs is 2. The summed E-state index contributed by atoms with van der Waals surface area (Å²) in [6.45, 7) is 2.95. The van der Waals surface area contributed by atoms with Gasteiger partial charge in [-0.25, -0.2) is 18.1 Å². The van der Waals surface area contributed by atoms with Crippen LogP contribution < -0.4 is 9.46 Å². The molecule has 3 aliphatic rings. The molecule has 0 radical (unpaired) electrons. The van der Waals surface area contributed by atoms with Gasteiger partial charge in [0.15, 0.2) is 5.03 Å². The molecule has 2 aliphatic carbocycles. The lowest BCUT2D eigenvalue weighted by Gasteiger charge is -2.40. The number of nitrogens with zero attached hydrogens (tertiary/aromatic N) is 3. The van der Waals surface area contributed by atoms with Crippen LogP contribution >= 0.6 is 0 Å². The molecule has 0 amide bonds. The van der Waals surface area contributed by atoms with E-state index >= 15 is 0 Å². The second-order valence-corrected chi connectivity index (χ2v) is 12.3. The third-order valence-corrected chi connectivity index (χ3v) is 9.43. The van der Waals surface area contributed by atoms with E-state index < -0.39 is 10.0 Å². The number of piperidine rings is 1. The number of sulfonamides is 1. The molecule has 8 heteroatoms. The highest BCUT2D eigenvalue weighted by Gasteiger charge is 2.48. The summed E-state index contributed by atoms with van der Waals surface area (Å²) in [5.41, 5.74) is 4.18. The average Bonchev–Trinajstić information content (AvgIpc) is 3.24. The molecule has 1 saturated carbocycles. The number of aryl methyl sites for hydroxylation is 2. The molecule has 36 heavy (non-hydrogen) atoms. The first-order chi connectivity index (χ1) is 17.5. The molecular formula is C28H34N4O3S. The third-order valence-electron chi connectivity index (χ3n) is 8.08. The topological polar surface area (TPSA) is 76.5 Å². The number of hydrogen-bond acceptors (Lipinski definition) is 5. The quantitative estimate of drug-likeness (QED) is 0.451. The standard InChI is InChI=1S/C28H34N4O3S/c1-31-18-28(29-19-31)36(33,34)30-11-12-35-24-9-7-21-8-10-27(32-16-22-14-23(22)17-32)26(25(21)15-24)13-20-5-3-2-4-6-20/h2-7,9,15,18-19,22-23,26-27,30H,8,10-14,16-17H2,1H3. The molecule has 1 aliphatic heterocycles. The van der Waals surface area contributed by atoms with Crippen molar-refractivity contribution in [3.63, 3.8) is 0 Å². The Balaban J connectivity index is 1.16. The zero-order valence-corrected chi connectivity index (χ0v) is 21.5. The van der Waals surface area contributed by atoms with Crippen molar-refractivity contribution in [2.24, 2.45) is 18.9 Å². The van der Waals surface area contributed by atoms with E-state index in [0.717, 1.165) is 30.4 Å². The van der Waals surface area contributed by atoms with E-state index in [1.54, 1.807) is 11.6 Å². The van der Waals surface area contributed by atoms with Crippen molar-refractivity contribution in [3.05, 3.63) is 77.7 Å². The van der Waals surface area contributed by atoms with E-state index in [-0.39, 0.29) is 18.2 Å². The van der Waals surface area contributed by atoms with E-state index in [2.05, 4.69) is 57.1 Å². The fourth-order valence-electron chi connectivity index (χ4n) is 6.15. The van der Waals surface area contributed by atoms with Crippen molar-refractivity contribution >= 4 is 10.0 Å². The first-order valence-electron chi connectivity index (χ1n) is 13.0. The molecule has 190 valence electrons. The molecular weight excluding hydrogens is 472 g/mol. The largest absolute Gasteiger partial charge is 0.492 e. The summed E-state index contributed by atoms with van der Waals surface area (Å²) < 4.78 is 35.0. The Morgan fingerprint density at radius 2 is 1.92 bits per heavy atom. The molecule has 2 aromatic carbocycles. The van der Waals surface area contributed by atoms with Crippen LogP contribution in [0.15, 0.2) is 66.1 Å². The lowest BCUT2D eigenvalue weighted by molar-refractivity contribution is 0.170. The van der Waals surface area contributed by atoms with Gasteiger partial charge in [-0.15, -0.1) is 0 Å². The number of likely N-dealkylation sites (tertiary alicyclic amines) is 1. The van der Waals surface area contributed by atoms with Gasteiger partial charge in [-0.05, 0) is 66.3 Å². The number of rotatable bonds is 9. The number of ether oxygens (including phenoxy) is 1. The van der Waals surface area contributed by atoms with E-state index in [1.807, 2.05) is 6.07 Å². The Morgan fingerprint density at radius 3 is 2.67 bits per heavy atom. The third kappa shape index (κ3) is 4.94. The van der Waals surface area contributed by atoms with Gasteiger partial charge in [0.2, 0.25) is 0 Å². The molecule has 1 aromatic heterocycles. The van der Waals surface area contributed by atoms with Crippen molar-refractivity contribution in [3.8, 4) is 5.75 Å². The molecule has 2 fully saturated rings. The van der Waals surface area contributed by atoms with Crippen molar-refractivity contribution < 1.29 is 13.2 Å². The molecule has 4 unspecified atom stereocenters. The second-order valence-electron chi connectivity index (χ2n) is 10.6. The lowest BCUT2D eigenvalue weighted by Crippen LogP contribution is -2.42. The van der Waals surface area contributed by atoms with Crippen LogP contribution in [0.4, 0.5) is 0 Å². The number of benzene rings is 2. The Morgan fingerprint density at radius 1 is 1.11 bits per heavy atom. The predicted octanol–water partition coefficient (Wildman–Crippen LogP) is 3.37. The minimum Gasteiger partial charge on any atom is -0.492 e. The normalized spacial score (nSPS) is 25.4. The van der Waals surface area contributed by atoms with Crippen LogP contribution in [-0.2, 0) is 29.9 Å². The highest BCUT2D eigenvalue weighted by molar-refractivity contribution is 7.89. The molecule has 7 nitrogen and oxygen atoms in total. The van der Waals surface area contributed by atoms with Crippen LogP contribution in [0.1, 0.15) is 35.4 Å². The summed E-state index contributed by atoms with van der Waals surface area (Å²) in [5, 5.41) is 0.0214. The fourth-order valence-corrected chi connectivity index (χ4v) is 7.14. The van der Waals surface area contributed by atoms with Gasteiger partial charge in [0, 0.05) is 44.8 Å². The van der Waals surface area contributed by atoms with E-state index in [9.17, 15) is 8.42 Å². The molecule has 1 N–H and O–H groups in total. The van der Waals surface area contributed by atoms with E-state index in [4.69, 9.17) is 4.74 Å². The van der Waals surface area contributed by atoms with Crippen LogP contribution in [0.2, 0.25) is 0 Å². The summed E-state index contributed by atoms with van der Waals surface area (Å²) in [7, 11) is -1.89. The van der Waals surface area contributed by atoms with Crippen LogP contribution in [0, 0.1) is 11.8 Å². The predicted molar refractivity (Wildman–Crippen MR) is 138 cm³/mol. The van der Waals surface area contributed by atoms with Crippen molar-refractivity contribution in [2.45, 2.75) is 42.7 Å². The van der Waals surface area contributed by atoms with Gasteiger partial charge in [0.25, 0.3) is 10.0 Å². The second kappa shape index (κ2) is 9.65. The maximum absolute atomic E-state index is 12.4. The van der Waals surface area contributed by atoms with Crippen LogP contribution in [0.25, 0.3) is 0 Å². The van der Waals surface area contributed by atoms with Crippen LogP contribution in [-0.4, -0.2) is 55.2 Å². The molecule has 2 heterocycles. The fraction of sp³-hybridized carbons (Fsp3) is 0.464. The average molecular weight is 507 g/mol. The van der Waals surface area contributed by atoms with Crippen LogP contribution in [0.3, 0.4) is 0 Å². The van der Waals surface area contributed by atoms with Crippen molar-refractivity contribution in [2.75, 3.05) is 26.2 Å². The van der Waals surface area contributed by atoms with Gasteiger partial charge in [-0.1, -0.05) is 36.4 Å². The van der Waals surface area contributed by atoms with Crippen molar-refractivity contribution in [1.82, 2.24) is 19.2 Å². The van der Waals surface area contributed by atoms with Crippen molar-refractivity contribution in [1.29, 1.82) is 0 Å². The molecule has 6 rings (SSSR count). The number of imidazole rings is 1. The highest BCUT2D eigenvalue weighted by atomic mass is 32.2. The van der Waals surface area contributed by atoms with E-state index in [0.29, 0.717) is 12.0 Å². The van der Waals surface area contributed by atoms with E-state index in [1.165, 1.54) is 55.1 Å². The monoisotopic (exact) mass is 506 g/mol. The summed E-state index contributed by atoms with van der Waals surface area (Å²) in [6.07, 6.45) is 7.71. The van der Waals surface area contributed by atoms with Gasteiger partial charge < -0.3 is 9.30 Å². The van der Waals surface area contributed by atoms with Gasteiger partial charge in [0.05, 0.1) is 6.33 Å². The maximum Gasteiger partial charge on any atom is 0.259 e. The molecule has 3 aromatic rings. The number of nitrogens with one attached hydrogen (secondary N) is 1. The minimum absolute atomic E-state index is 0.0214. The number of hydrogen-bond donors (Lipinski definition) is 1. The van der Waals surface area contributed by atoms with Gasteiger partial charge in [-0.3, -0.25) is 4.90 Å².